The molecule has 0 bridgehead atoms. The van der Waals surface area contributed by atoms with Gasteiger partial charge in [-0.2, -0.15) is 0 Å². The molecular weight excluding hydrogens is 549 g/mol. The second-order valence-corrected chi connectivity index (χ2v) is 14.1. The molecule has 1 aromatic heterocycles. The molecule has 3 aliphatic rings. The smallest absolute Gasteiger partial charge is 0.186 e. The van der Waals surface area contributed by atoms with Crippen LogP contribution >= 0.6 is 7.14 Å². The van der Waals surface area contributed by atoms with Gasteiger partial charge >= 0.3 is 0 Å². The summed E-state index contributed by atoms with van der Waals surface area (Å²) >= 11 is 0. The zero-order valence-electron chi connectivity index (χ0n) is 23.1. The molecule has 0 spiro atoms. The molecule has 0 saturated carbocycles. The molecule has 204 valence electrons. The van der Waals surface area contributed by atoms with Gasteiger partial charge in [0.05, 0.1) is 21.8 Å². The maximum atomic E-state index is 16.1. The minimum atomic E-state index is -3.41. The Kier molecular flexibility index (Phi) is 4.53. The standard InChI is InChI=1S/C38H24NO3P/c40-43-35-20-10-9-19-32(35)41-33-21-23(39-30-17-7-5-13-26(30)27-14-6-8-18-31(27)39)22-34(38(33)43)42-36-28-15-3-1-11-24(28)25-12-2-4-16-29(25)37(36)43/h1-5,7-13,15-22H,6,14H2. The average molecular weight is 574 g/mol. The van der Waals surface area contributed by atoms with Crippen molar-refractivity contribution in [3.05, 3.63) is 127 Å². The van der Waals surface area contributed by atoms with Crippen molar-refractivity contribution in [2.24, 2.45) is 0 Å². The van der Waals surface area contributed by atoms with E-state index in [2.05, 4.69) is 71.3 Å². The van der Waals surface area contributed by atoms with E-state index in [4.69, 9.17) is 9.47 Å². The van der Waals surface area contributed by atoms with Gasteiger partial charge in [-0.3, -0.25) is 0 Å². The Labute approximate surface area is 247 Å². The second-order valence-electron chi connectivity index (χ2n) is 11.5. The Bertz CT molecular complexity index is 2450. The molecule has 0 radical (unpaired) electrons. The zero-order valence-corrected chi connectivity index (χ0v) is 24.0. The number of benzene rings is 6. The van der Waals surface area contributed by atoms with Crippen LogP contribution in [0.5, 0.6) is 23.0 Å². The van der Waals surface area contributed by atoms with E-state index in [0.29, 0.717) is 33.6 Å². The molecule has 0 amide bonds. The second kappa shape index (κ2) is 8.28. The third-order valence-corrected chi connectivity index (χ3v) is 12.5. The number of nitrogens with zero attached hydrogens (tertiary/aromatic N) is 1. The Hall–Kier alpha value is -5.05. The first kappa shape index (κ1) is 23.5. The Morgan fingerprint density at radius 3 is 2.12 bits per heavy atom. The van der Waals surface area contributed by atoms with Crippen molar-refractivity contribution in [3.8, 4) is 28.7 Å². The van der Waals surface area contributed by atoms with Crippen molar-refractivity contribution in [3.63, 3.8) is 0 Å². The van der Waals surface area contributed by atoms with Crippen LogP contribution in [0, 0.1) is 0 Å². The van der Waals surface area contributed by atoms with Crippen molar-refractivity contribution in [2.75, 3.05) is 0 Å². The topological polar surface area (TPSA) is 40.5 Å². The van der Waals surface area contributed by atoms with Crippen molar-refractivity contribution in [1.29, 1.82) is 0 Å². The van der Waals surface area contributed by atoms with Gasteiger partial charge in [-0.25, -0.2) is 0 Å². The summed E-state index contributed by atoms with van der Waals surface area (Å²) in [7, 11) is -3.41. The van der Waals surface area contributed by atoms with E-state index in [-0.39, 0.29) is 0 Å². The summed E-state index contributed by atoms with van der Waals surface area (Å²) in [6, 6.07) is 37.0. The predicted molar refractivity (Wildman–Crippen MR) is 175 cm³/mol. The quantitative estimate of drug-likeness (QED) is 0.146. The van der Waals surface area contributed by atoms with Gasteiger partial charge in [0, 0.05) is 28.6 Å². The van der Waals surface area contributed by atoms with Gasteiger partial charge in [0.2, 0.25) is 0 Å². The molecular formula is C38H24NO3P. The van der Waals surface area contributed by atoms with Crippen LogP contribution in [0.15, 0.2) is 115 Å². The molecule has 0 N–H and O–H groups in total. The van der Waals surface area contributed by atoms with Crippen LogP contribution in [0.3, 0.4) is 0 Å². The Morgan fingerprint density at radius 2 is 1.28 bits per heavy atom. The van der Waals surface area contributed by atoms with Gasteiger partial charge in [0.1, 0.15) is 28.3 Å². The SMILES string of the molecule is O=P12c3ccccc3Oc3cc(-n4c5c(c6ccccc64)CCC=C5)cc(c31)Oc1c2c2ccccc2c2ccccc12. The number of ether oxygens (including phenoxy) is 2. The minimum absolute atomic E-state index is 0.587. The number of aromatic nitrogens is 1. The summed E-state index contributed by atoms with van der Waals surface area (Å²) in [5.41, 5.74) is 4.59. The molecule has 4 nitrogen and oxygen atoms in total. The highest BCUT2D eigenvalue weighted by molar-refractivity contribution is 7.86. The van der Waals surface area contributed by atoms with Crippen LogP contribution < -0.4 is 25.4 Å². The lowest BCUT2D eigenvalue weighted by molar-refractivity contribution is 0.464. The van der Waals surface area contributed by atoms with E-state index in [1.54, 1.807) is 0 Å². The largest absolute Gasteiger partial charge is 0.456 e. The van der Waals surface area contributed by atoms with E-state index >= 15 is 4.57 Å². The summed E-state index contributed by atoms with van der Waals surface area (Å²) in [6.07, 6.45) is 6.49. The van der Waals surface area contributed by atoms with Gasteiger partial charge in [-0.15, -0.1) is 0 Å². The Balaban J connectivity index is 1.35. The molecule has 6 aromatic carbocycles. The summed E-state index contributed by atoms with van der Waals surface area (Å²) in [6.45, 7) is 0. The highest BCUT2D eigenvalue weighted by Gasteiger charge is 2.48. The van der Waals surface area contributed by atoms with Crippen molar-refractivity contribution in [1.82, 2.24) is 4.57 Å². The molecule has 0 fully saturated rings. The number of fused-ring (bicyclic) bond motifs is 12. The molecule has 3 heterocycles. The van der Waals surface area contributed by atoms with Crippen molar-refractivity contribution >= 4 is 61.6 Å². The lowest BCUT2D eigenvalue weighted by Crippen LogP contribution is -2.35. The normalized spacial score (nSPS) is 17.6. The van der Waals surface area contributed by atoms with E-state index in [1.807, 2.05) is 54.6 Å². The maximum absolute atomic E-state index is 16.1. The van der Waals surface area contributed by atoms with E-state index in [1.165, 1.54) is 16.6 Å². The zero-order chi connectivity index (χ0) is 28.3. The van der Waals surface area contributed by atoms with Crippen molar-refractivity contribution < 1.29 is 14.0 Å². The fourth-order valence-corrected chi connectivity index (χ4v) is 10.8. The van der Waals surface area contributed by atoms with Gasteiger partial charge in [0.15, 0.2) is 7.14 Å². The minimum Gasteiger partial charge on any atom is -0.456 e. The number of hydrogen-bond acceptors (Lipinski definition) is 3. The van der Waals surface area contributed by atoms with Gasteiger partial charge < -0.3 is 18.6 Å². The van der Waals surface area contributed by atoms with Crippen LogP contribution in [0.1, 0.15) is 17.7 Å². The lowest BCUT2D eigenvalue weighted by atomic mass is 10.0. The molecule has 7 aromatic rings. The highest BCUT2D eigenvalue weighted by atomic mass is 31.2. The maximum Gasteiger partial charge on any atom is 0.186 e. The van der Waals surface area contributed by atoms with Gasteiger partial charge in [-0.1, -0.05) is 84.9 Å². The molecule has 1 unspecified atom stereocenters. The van der Waals surface area contributed by atoms with Gasteiger partial charge in [0.25, 0.3) is 0 Å². The number of allylic oxidation sites excluding steroid dienone is 1. The fraction of sp³-hybridized carbons (Fsp3) is 0.0526. The van der Waals surface area contributed by atoms with E-state index in [9.17, 15) is 0 Å². The van der Waals surface area contributed by atoms with Crippen LogP contribution in [-0.4, -0.2) is 4.57 Å². The lowest BCUT2D eigenvalue weighted by Gasteiger charge is -2.36. The van der Waals surface area contributed by atoms with Crippen molar-refractivity contribution in [2.45, 2.75) is 12.8 Å². The molecule has 43 heavy (non-hydrogen) atoms. The summed E-state index contributed by atoms with van der Waals surface area (Å²) in [5, 5.41) is 7.43. The van der Waals surface area contributed by atoms with Crippen LogP contribution in [0.25, 0.3) is 44.2 Å². The summed E-state index contributed by atoms with van der Waals surface area (Å²) < 4.78 is 31.9. The molecule has 1 atom stereocenters. The molecule has 1 aliphatic carbocycles. The predicted octanol–water partition coefficient (Wildman–Crippen LogP) is 8.75. The monoisotopic (exact) mass is 573 g/mol. The summed E-state index contributed by atoms with van der Waals surface area (Å²) in [5.74, 6) is 2.48. The molecule has 5 heteroatoms. The number of para-hydroxylation sites is 2. The number of aryl methyl sites for hydroxylation is 1. The van der Waals surface area contributed by atoms with Crippen LogP contribution in [0.2, 0.25) is 0 Å². The molecule has 2 aliphatic heterocycles. The van der Waals surface area contributed by atoms with Gasteiger partial charge in [-0.05, 0) is 58.8 Å². The number of hydrogen-bond donors (Lipinski definition) is 0. The molecule has 10 rings (SSSR count). The third-order valence-electron chi connectivity index (χ3n) is 9.27. The number of rotatable bonds is 1. The first-order chi connectivity index (χ1) is 21.2. The summed E-state index contributed by atoms with van der Waals surface area (Å²) in [4.78, 5) is 0. The molecule has 0 saturated heterocycles. The van der Waals surface area contributed by atoms with Crippen LogP contribution in [-0.2, 0) is 11.0 Å². The first-order valence-corrected chi connectivity index (χ1v) is 16.4. The fourth-order valence-electron chi connectivity index (χ4n) is 7.52. The first-order valence-electron chi connectivity index (χ1n) is 14.7. The average Bonchev–Trinajstić information content (AvgIpc) is 3.39. The third kappa shape index (κ3) is 2.94. The van der Waals surface area contributed by atoms with Crippen LogP contribution in [0.4, 0.5) is 0 Å². The van der Waals surface area contributed by atoms with E-state index in [0.717, 1.165) is 50.9 Å². The Morgan fingerprint density at radius 1 is 0.628 bits per heavy atom. The highest BCUT2D eigenvalue weighted by Crippen LogP contribution is 2.61. The van der Waals surface area contributed by atoms with E-state index < -0.39 is 7.14 Å².